The van der Waals surface area contributed by atoms with Gasteiger partial charge in [-0.1, -0.05) is 6.92 Å². The molecule has 15 heavy (non-hydrogen) atoms. The summed E-state index contributed by atoms with van der Waals surface area (Å²) in [5.41, 5.74) is 0.0449. The third-order valence-electron chi connectivity index (χ3n) is 3.03. The number of hydrogen-bond donors (Lipinski definition) is 2. The lowest BCUT2D eigenvalue weighted by Crippen LogP contribution is -2.49. The molecule has 0 aromatic carbocycles. The smallest absolute Gasteiger partial charge is 0.307 e. The van der Waals surface area contributed by atoms with Gasteiger partial charge in [-0.2, -0.15) is 0 Å². The molecule has 1 saturated heterocycles. The number of carboxylic acid groups (broad SMARTS) is 1. The molecule has 0 radical (unpaired) electrons. The van der Waals surface area contributed by atoms with Crippen molar-refractivity contribution in [1.29, 1.82) is 0 Å². The fourth-order valence-electron chi connectivity index (χ4n) is 1.74. The lowest BCUT2D eigenvalue weighted by molar-refractivity contribution is -0.140. The zero-order valence-corrected chi connectivity index (χ0v) is 8.66. The molecule has 84 valence electrons. The highest BCUT2D eigenvalue weighted by atomic mass is 16.5. The Balaban J connectivity index is 1.72. The maximum Gasteiger partial charge on any atom is 0.307 e. The minimum absolute atomic E-state index is 0.0449. The summed E-state index contributed by atoms with van der Waals surface area (Å²) in [5, 5.41) is 11.4. The monoisotopic (exact) mass is 213 g/mol. The predicted molar refractivity (Wildman–Crippen MR) is 51.2 cm³/mol. The number of carbonyl (C=O) groups excluding carboxylic acids is 1. The molecule has 2 atom stereocenters. The third kappa shape index (κ3) is 2.12. The maximum absolute atomic E-state index is 11.5. The molecular formula is C10H15NO4. The van der Waals surface area contributed by atoms with Crippen molar-refractivity contribution in [2.24, 2.45) is 17.3 Å². The Morgan fingerprint density at radius 2 is 2.13 bits per heavy atom. The number of carboxylic acids is 1. The summed E-state index contributed by atoms with van der Waals surface area (Å²) in [6.45, 7) is 3.95. The molecule has 1 aliphatic carbocycles. The van der Waals surface area contributed by atoms with E-state index >= 15 is 0 Å². The maximum atomic E-state index is 11.5. The van der Waals surface area contributed by atoms with Gasteiger partial charge in [0.15, 0.2) is 0 Å². The van der Waals surface area contributed by atoms with Gasteiger partial charge in [0.2, 0.25) is 5.91 Å². The summed E-state index contributed by atoms with van der Waals surface area (Å²) in [7, 11) is 0. The van der Waals surface area contributed by atoms with Gasteiger partial charge in [0.1, 0.15) is 0 Å². The van der Waals surface area contributed by atoms with Gasteiger partial charge in [-0.15, -0.1) is 0 Å². The number of ether oxygens (including phenoxy) is 1. The van der Waals surface area contributed by atoms with E-state index in [2.05, 4.69) is 5.32 Å². The topological polar surface area (TPSA) is 75.6 Å². The fourth-order valence-corrected chi connectivity index (χ4v) is 1.74. The van der Waals surface area contributed by atoms with Crippen LogP contribution in [-0.2, 0) is 14.3 Å². The average molecular weight is 213 g/mol. The highest BCUT2D eigenvalue weighted by Crippen LogP contribution is 2.38. The first-order valence-electron chi connectivity index (χ1n) is 5.10. The van der Waals surface area contributed by atoms with Crippen LogP contribution in [-0.4, -0.2) is 36.7 Å². The Kier molecular flexibility index (Phi) is 2.42. The van der Waals surface area contributed by atoms with Gasteiger partial charge in [-0.3, -0.25) is 9.59 Å². The van der Waals surface area contributed by atoms with Gasteiger partial charge >= 0.3 is 5.97 Å². The summed E-state index contributed by atoms with van der Waals surface area (Å²) in [4.78, 5) is 22.0. The Morgan fingerprint density at radius 3 is 2.53 bits per heavy atom. The quantitative estimate of drug-likeness (QED) is 0.681. The van der Waals surface area contributed by atoms with Crippen LogP contribution >= 0.6 is 0 Å². The normalized spacial score (nSPS) is 31.5. The van der Waals surface area contributed by atoms with Gasteiger partial charge < -0.3 is 15.2 Å². The van der Waals surface area contributed by atoms with Crippen LogP contribution in [0.25, 0.3) is 0 Å². The summed E-state index contributed by atoms with van der Waals surface area (Å²) >= 11 is 0. The third-order valence-corrected chi connectivity index (χ3v) is 3.03. The molecule has 2 fully saturated rings. The second kappa shape index (κ2) is 3.48. The lowest BCUT2D eigenvalue weighted by Gasteiger charge is -2.38. The molecule has 1 saturated carbocycles. The van der Waals surface area contributed by atoms with Crippen LogP contribution in [0.1, 0.15) is 13.3 Å². The number of amides is 1. The van der Waals surface area contributed by atoms with Gasteiger partial charge in [-0.05, 0) is 6.42 Å². The zero-order valence-electron chi connectivity index (χ0n) is 8.66. The van der Waals surface area contributed by atoms with Crippen molar-refractivity contribution in [3.63, 3.8) is 0 Å². The molecular weight excluding hydrogens is 198 g/mol. The Morgan fingerprint density at radius 1 is 1.47 bits per heavy atom. The molecule has 1 amide bonds. The number of hydrogen-bond acceptors (Lipinski definition) is 3. The molecule has 5 nitrogen and oxygen atoms in total. The molecule has 0 aromatic rings. The number of aliphatic carboxylic acids is 1. The second-order valence-electron chi connectivity index (χ2n) is 4.81. The van der Waals surface area contributed by atoms with Crippen molar-refractivity contribution >= 4 is 11.9 Å². The van der Waals surface area contributed by atoms with Gasteiger partial charge in [0.25, 0.3) is 0 Å². The van der Waals surface area contributed by atoms with Gasteiger partial charge in [0, 0.05) is 12.0 Å². The minimum atomic E-state index is -0.867. The first kappa shape index (κ1) is 10.4. The van der Waals surface area contributed by atoms with E-state index in [-0.39, 0.29) is 17.2 Å². The molecule has 0 aromatic heterocycles. The molecule has 2 rings (SSSR count). The average Bonchev–Trinajstić information content (AvgIpc) is 2.90. The minimum Gasteiger partial charge on any atom is -0.481 e. The van der Waals surface area contributed by atoms with Crippen molar-refractivity contribution in [3.8, 4) is 0 Å². The number of rotatable bonds is 4. The largest absolute Gasteiger partial charge is 0.481 e. The summed E-state index contributed by atoms with van der Waals surface area (Å²) in [6, 6.07) is 0. The molecule has 1 aliphatic heterocycles. The summed E-state index contributed by atoms with van der Waals surface area (Å²) in [5.74, 6) is -1.77. The molecule has 5 heteroatoms. The molecule has 2 aliphatic rings. The van der Waals surface area contributed by atoms with Crippen molar-refractivity contribution in [3.05, 3.63) is 0 Å². The first-order chi connectivity index (χ1) is 7.02. The fraction of sp³-hybridized carbons (Fsp3) is 0.800. The molecule has 0 bridgehead atoms. The van der Waals surface area contributed by atoms with Crippen molar-refractivity contribution in [1.82, 2.24) is 5.32 Å². The van der Waals surface area contributed by atoms with E-state index in [1.807, 2.05) is 6.92 Å². The van der Waals surface area contributed by atoms with Crippen LogP contribution in [0.3, 0.4) is 0 Å². The Labute approximate surface area is 87.8 Å². The van der Waals surface area contributed by atoms with E-state index in [0.717, 1.165) is 0 Å². The predicted octanol–water partition coefficient (Wildman–Crippen LogP) is -0.140. The standard InChI is InChI=1S/C10H15NO4/c1-10(4-15-5-10)3-11-8(12)6-2-7(6)9(13)14/h6-7H,2-5H2,1H3,(H,11,12)(H,13,14). The molecule has 0 spiro atoms. The van der Waals surface area contributed by atoms with Crippen LogP contribution in [0.5, 0.6) is 0 Å². The first-order valence-corrected chi connectivity index (χ1v) is 5.10. The van der Waals surface area contributed by atoms with Crippen molar-refractivity contribution < 1.29 is 19.4 Å². The van der Waals surface area contributed by atoms with Crippen LogP contribution < -0.4 is 5.32 Å². The van der Waals surface area contributed by atoms with E-state index < -0.39 is 11.9 Å². The second-order valence-corrected chi connectivity index (χ2v) is 4.81. The van der Waals surface area contributed by atoms with Crippen LogP contribution in [0, 0.1) is 17.3 Å². The number of nitrogens with one attached hydrogen (secondary N) is 1. The van der Waals surface area contributed by atoms with Crippen LogP contribution in [0.4, 0.5) is 0 Å². The summed E-state index contributed by atoms with van der Waals surface area (Å²) in [6.07, 6.45) is 0.481. The summed E-state index contributed by atoms with van der Waals surface area (Å²) < 4.78 is 5.06. The zero-order chi connectivity index (χ0) is 11.1. The van der Waals surface area contributed by atoms with Crippen molar-refractivity contribution in [2.75, 3.05) is 19.8 Å². The molecule has 2 N–H and O–H groups in total. The van der Waals surface area contributed by atoms with E-state index in [1.165, 1.54) is 0 Å². The van der Waals surface area contributed by atoms with E-state index in [9.17, 15) is 9.59 Å². The van der Waals surface area contributed by atoms with Gasteiger partial charge in [0.05, 0.1) is 25.0 Å². The highest BCUT2D eigenvalue weighted by Gasteiger charge is 2.48. The highest BCUT2D eigenvalue weighted by molar-refractivity contribution is 5.89. The van der Waals surface area contributed by atoms with E-state index in [4.69, 9.17) is 9.84 Å². The molecule has 1 heterocycles. The van der Waals surface area contributed by atoms with Crippen LogP contribution in [0.15, 0.2) is 0 Å². The van der Waals surface area contributed by atoms with E-state index in [1.54, 1.807) is 0 Å². The lowest BCUT2D eigenvalue weighted by atomic mass is 9.89. The van der Waals surface area contributed by atoms with Gasteiger partial charge in [-0.25, -0.2) is 0 Å². The van der Waals surface area contributed by atoms with Crippen molar-refractivity contribution in [2.45, 2.75) is 13.3 Å². The Hall–Kier alpha value is -1.10. The number of carbonyl (C=O) groups is 2. The molecule has 2 unspecified atom stereocenters. The Bertz CT molecular complexity index is 298. The SMILES string of the molecule is CC1(CNC(=O)C2CC2C(=O)O)COC1. The van der Waals surface area contributed by atoms with Crippen LogP contribution in [0.2, 0.25) is 0 Å². The van der Waals surface area contributed by atoms with E-state index in [0.29, 0.717) is 26.2 Å².